The number of likely N-dealkylation sites (tertiary alicyclic amines) is 1. The lowest BCUT2D eigenvalue weighted by atomic mass is 10.0. The third kappa shape index (κ3) is 6.91. The van der Waals surface area contributed by atoms with E-state index in [1.54, 1.807) is 4.90 Å². The van der Waals surface area contributed by atoms with E-state index in [2.05, 4.69) is 10.2 Å². The number of carbonyl (C=O) groups excluding carboxylic acids is 2. The van der Waals surface area contributed by atoms with E-state index in [-0.39, 0.29) is 18.4 Å². The van der Waals surface area contributed by atoms with Crippen LogP contribution < -0.4 is 5.32 Å². The van der Waals surface area contributed by atoms with Crippen molar-refractivity contribution in [2.75, 3.05) is 38.5 Å². The molecule has 1 fully saturated rings. The van der Waals surface area contributed by atoms with Crippen molar-refractivity contribution in [2.24, 2.45) is 0 Å². The molecule has 156 valence electrons. The number of nitrogens with one attached hydrogen (secondary N) is 1. The van der Waals surface area contributed by atoms with Crippen LogP contribution in [0.5, 0.6) is 0 Å². The number of amides is 2. The van der Waals surface area contributed by atoms with Crippen molar-refractivity contribution in [3.63, 3.8) is 0 Å². The zero-order valence-corrected chi connectivity index (χ0v) is 17.6. The van der Waals surface area contributed by atoms with Crippen LogP contribution in [0.25, 0.3) is 0 Å². The lowest BCUT2D eigenvalue weighted by molar-refractivity contribution is -0.130. The molecule has 1 heterocycles. The van der Waals surface area contributed by atoms with E-state index in [9.17, 15) is 14.7 Å². The van der Waals surface area contributed by atoms with Gasteiger partial charge in [-0.2, -0.15) is 0 Å². The monoisotopic (exact) mass is 389 g/mol. The summed E-state index contributed by atoms with van der Waals surface area (Å²) in [6, 6.07) is 3.80. The SMILES string of the molecule is Cc1cc(NC(=O)CCCN(C)C(=O)CCN2CCCCC2)c(C)cc1CO. The summed E-state index contributed by atoms with van der Waals surface area (Å²) < 4.78 is 0. The van der Waals surface area contributed by atoms with Crippen LogP contribution >= 0.6 is 0 Å². The highest BCUT2D eigenvalue weighted by Crippen LogP contribution is 2.21. The predicted molar refractivity (Wildman–Crippen MR) is 112 cm³/mol. The van der Waals surface area contributed by atoms with E-state index in [4.69, 9.17) is 0 Å². The number of carbonyl (C=O) groups is 2. The number of hydrogen-bond acceptors (Lipinski definition) is 4. The smallest absolute Gasteiger partial charge is 0.224 e. The van der Waals surface area contributed by atoms with E-state index in [1.807, 2.05) is 33.0 Å². The Morgan fingerprint density at radius 2 is 1.82 bits per heavy atom. The van der Waals surface area contributed by atoms with Gasteiger partial charge < -0.3 is 20.2 Å². The number of hydrogen-bond donors (Lipinski definition) is 2. The van der Waals surface area contributed by atoms with Gasteiger partial charge in [0.1, 0.15) is 0 Å². The van der Waals surface area contributed by atoms with Gasteiger partial charge in [0.2, 0.25) is 11.8 Å². The quantitative estimate of drug-likeness (QED) is 0.681. The van der Waals surface area contributed by atoms with Gasteiger partial charge in [0.15, 0.2) is 0 Å². The second-order valence-corrected chi connectivity index (χ2v) is 7.87. The first-order valence-corrected chi connectivity index (χ1v) is 10.4. The van der Waals surface area contributed by atoms with E-state index < -0.39 is 0 Å². The van der Waals surface area contributed by atoms with Crippen molar-refractivity contribution in [1.82, 2.24) is 9.80 Å². The summed E-state index contributed by atoms with van der Waals surface area (Å²) in [5.41, 5.74) is 3.56. The number of aliphatic hydroxyl groups excluding tert-OH is 1. The van der Waals surface area contributed by atoms with Gasteiger partial charge in [-0.3, -0.25) is 9.59 Å². The highest BCUT2D eigenvalue weighted by atomic mass is 16.3. The molecule has 0 radical (unpaired) electrons. The van der Waals surface area contributed by atoms with Crippen molar-refractivity contribution in [3.05, 3.63) is 28.8 Å². The standard InChI is InChI=1S/C22H35N3O3/c1-17-15-20(18(2)14-19(17)16-26)23-21(27)8-7-10-24(3)22(28)9-13-25-11-5-4-6-12-25/h14-15,26H,4-13,16H2,1-3H3,(H,23,27). The summed E-state index contributed by atoms with van der Waals surface area (Å²) in [7, 11) is 1.82. The fraction of sp³-hybridized carbons (Fsp3) is 0.636. The first-order chi connectivity index (χ1) is 13.4. The molecule has 2 N–H and O–H groups in total. The third-order valence-electron chi connectivity index (χ3n) is 5.54. The maximum Gasteiger partial charge on any atom is 0.224 e. The zero-order chi connectivity index (χ0) is 20.5. The van der Waals surface area contributed by atoms with Crippen molar-refractivity contribution in [1.29, 1.82) is 0 Å². The van der Waals surface area contributed by atoms with Gasteiger partial charge in [0.05, 0.1) is 6.61 Å². The number of nitrogens with zero attached hydrogens (tertiary/aromatic N) is 2. The number of piperidine rings is 1. The molecule has 0 aromatic heterocycles. The molecule has 0 unspecified atom stereocenters. The fourth-order valence-corrected chi connectivity index (χ4v) is 3.62. The Bertz CT molecular complexity index is 669. The number of anilines is 1. The minimum absolute atomic E-state index is 0.000969. The molecule has 28 heavy (non-hydrogen) atoms. The number of rotatable bonds is 9. The molecular formula is C22H35N3O3. The van der Waals surface area contributed by atoms with E-state index in [0.29, 0.717) is 25.8 Å². The molecule has 0 aliphatic carbocycles. The van der Waals surface area contributed by atoms with Crippen LogP contribution in [-0.4, -0.2) is 59.9 Å². The molecule has 1 saturated heterocycles. The summed E-state index contributed by atoms with van der Waals surface area (Å²) >= 11 is 0. The van der Waals surface area contributed by atoms with Gasteiger partial charge in [0.25, 0.3) is 0 Å². The van der Waals surface area contributed by atoms with E-state index in [0.717, 1.165) is 42.0 Å². The van der Waals surface area contributed by atoms with Crippen LogP contribution in [0, 0.1) is 13.8 Å². The molecule has 2 rings (SSSR count). The van der Waals surface area contributed by atoms with Gasteiger partial charge >= 0.3 is 0 Å². The van der Waals surface area contributed by atoms with Gasteiger partial charge in [-0.1, -0.05) is 12.5 Å². The van der Waals surface area contributed by atoms with E-state index in [1.165, 1.54) is 19.3 Å². The summed E-state index contributed by atoms with van der Waals surface area (Å²) in [6.45, 7) is 7.48. The summed E-state index contributed by atoms with van der Waals surface area (Å²) in [6.07, 6.45) is 5.35. The Balaban J connectivity index is 1.69. The van der Waals surface area contributed by atoms with Gasteiger partial charge in [-0.25, -0.2) is 0 Å². The maximum atomic E-state index is 12.3. The van der Waals surface area contributed by atoms with Gasteiger partial charge in [-0.05, 0) is 69.0 Å². The highest BCUT2D eigenvalue weighted by molar-refractivity contribution is 5.91. The molecule has 0 spiro atoms. The second-order valence-electron chi connectivity index (χ2n) is 7.87. The van der Waals surface area contributed by atoms with E-state index >= 15 is 0 Å². The fourth-order valence-electron chi connectivity index (χ4n) is 3.62. The molecule has 1 aromatic rings. The molecule has 1 aliphatic rings. The number of benzene rings is 1. The van der Waals surface area contributed by atoms with Crippen LogP contribution in [0.3, 0.4) is 0 Å². The molecule has 1 aromatic carbocycles. The average molecular weight is 390 g/mol. The zero-order valence-electron chi connectivity index (χ0n) is 17.6. The first-order valence-electron chi connectivity index (χ1n) is 10.4. The molecule has 1 aliphatic heterocycles. The Labute approximate surface area is 168 Å². The van der Waals surface area contributed by atoms with Crippen LogP contribution in [0.1, 0.15) is 55.2 Å². The molecule has 6 nitrogen and oxygen atoms in total. The lowest BCUT2D eigenvalue weighted by Crippen LogP contribution is -2.35. The average Bonchev–Trinajstić information content (AvgIpc) is 2.69. The topological polar surface area (TPSA) is 72.9 Å². The van der Waals surface area contributed by atoms with Crippen molar-refractivity contribution < 1.29 is 14.7 Å². The molecule has 2 amide bonds. The molecule has 6 heteroatoms. The molecule has 0 saturated carbocycles. The summed E-state index contributed by atoms with van der Waals surface area (Å²) in [5, 5.41) is 12.3. The summed E-state index contributed by atoms with van der Waals surface area (Å²) in [5.74, 6) is 0.102. The minimum Gasteiger partial charge on any atom is -0.392 e. The molecular weight excluding hydrogens is 354 g/mol. The van der Waals surface area contributed by atoms with Gasteiger partial charge in [-0.15, -0.1) is 0 Å². The third-order valence-corrected chi connectivity index (χ3v) is 5.54. The van der Waals surface area contributed by atoms with Crippen molar-refractivity contribution in [3.8, 4) is 0 Å². The van der Waals surface area contributed by atoms with Crippen LogP contribution in [-0.2, 0) is 16.2 Å². The lowest BCUT2D eigenvalue weighted by Gasteiger charge is -2.27. The van der Waals surface area contributed by atoms with Gasteiger partial charge in [0, 0.05) is 38.7 Å². The highest BCUT2D eigenvalue weighted by Gasteiger charge is 2.14. The Morgan fingerprint density at radius 1 is 1.11 bits per heavy atom. The Kier molecular flexibility index (Phi) is 8.93. The van der Waals surface area contributed by atoms with Crippen molar-refractivity contribution in [2.45, 2.75) is 59.0 Å². The van der Waals surface area contributed by atoms with Crippen LogP contribution in [0.2, 0.25) is 0 Å². The largest absolute Gasteiger partial charge is 0.392 e. The minimum atomic E-state index is -0.0478. The summed E-state index contributed by atoms with van der Waals surface area (Å²) in [4.78, 5) is 28.6. The predicted octanol–water partition coefficient (Wildman–Crippen LogP) is 2.85. The normalized spacial score (nSPS) is 14.7. The number of aliphatic hydroxyl groups is 1. The Morgan fingerprint density at radius 3 is 2.50 bits per heavy atom. The van der Waals surface area contributed by atoms with Crippen LogP contribution in [0.4, 0.5) is 5.69 Å². The second kappa shape index (κ2) is 11.2. The maximum absolute atomic E-state index is 12.3. The Hall–Kier alpha value is -1.92. The molecule has 0 bridgehead atoms. The first kappa shape index (κ1) is 22.4. The van der Waals surface area contributed by atoms with Crippen molar-refractivity contribution >= 4 is 17.5 Å². The van der Waals surface area contributed by atoms with Crippen LogP contribution in [0.15, 0.2) is 12.1 Å². The number of aryl methyl sites for hydroxylation is 2. The molecule has 0 atom stereocenters.